The number of anilines is 1. The van der Waals surface area contributed by atoms with Crippen LogP contribution in [0.25, 0.3) is 0 Å². The monoisotopic (exact) mass is 338 g/mol. The molecular formula is C18H14N2O5. The Morgan fingerprint density at radius 3 is 2.68 bits per heavy atom. The maximum atomic E-state index is 12.1. The minimum atomic E-state index is -0.697. The van der Waals surface area contributed by atoms with Gasteiger partial charge in [-0.15, -0.1) is 0 Å². The molecule has 0 aliphatic heterocycles. The Bertz CT molecular complexity index is 889. The van der Waals surface area contributed by atoms with Crippen molar-refractivity contribution in [1.29, 1.82) is 0 Å². The Hall–Kier alpha value is -3.61. The van der Waals surface area contributed by atoms with E-state index in [4.69, 9.17) is 9.15 Å². The lowest BCUT2D eigenvalue weighted by Crippen LogP contribution is -2.12. The van der Waals surface area contributed by atoms with E-state index in [1.54, 1.807) is 24.3 Å². The third-order valence-corrected chi connectivity index (χ3v) is 3.39. The minimum Gasteiger partial charge on any atom is -0.489 e. The molecular weight excluding hydrogens is 324 g/mol. The van der Waals surface area contributed by atoms with Crippen molar-refractivity contribution in [2.24, 2.45) is 0 Å². The second-order valence-corrected chi connectivity index (χ2v) is 5.15. The standard InChI is InChI=1S/C18H14N2O5/c21-18(17-16(20(22)23)9-10-24-17)19-14-7-4-8-15(11-14)25-12-13-5-2-1-3-6-13/h1-11H,12H2,(H,19,21). The molecule has 0 atom stereocenters. The van der Waals surface area contributed by atoms with Gasteiger partial charge >= 0.3 is 5.69 Å². The second kappa shape index (κ2) is 7.31. The highest BCUT2D eigenvalue weighted by atomic mass is 16.6. The van der Waals surface area contributed by atoms with Crippen molar-refractivity contribution in [2.75, 3.05) is 5.32 Å². The summed E-state index contributed by atoms with van der Waals surface area (Å²) in [5.41, 5.74) is 1.08. The molecule has 0 unspecified atom stereocenters. The lowest BCUT2D eigenvalue weighted by atomic mass is 10.2. The van der Waals surface area contributed by atoms with E-state index < -0.39 is 10.8 Å². The highest BCUT2D eigenvalue weighted by Crippen LogP contribution is 2.23. The van der Waals surface area contributed by atoms with Crippen LogP contribution in [-0.2, 0) is 6.61 Å². The van der Waals surface area contributed by atoms with E-state index in [1.807, 2.05) is 30.3 Å². The molecule has 7 heteroatoms. The van der Waals surface area contributed by atoms with Crippen LogP contribution in [0.1, 0.15) is 16.1 Å². The van der Waals surface area contributed by atoms with Crippen LogP contribution in [-0.4, -0.2) is 10.8 Å². The average molecular weight is 338 g/mol. The van der Waals surface area contributed by atoms with Crippen LogP contribution in [0.5, 0.6) is 5.75 Å². The van der Waals surface area contributed by atoms with Crippen molar-refractivity contribution in [1.82, 2.24) is 0 Å². The van der Waals surface area contributed by atoms with Crippen molar-refractivity contribution in [3.63, 3.8) is 0 Å². The molecule has 0 saturated heterocycles. The average Bonchev–Trinajstić information content (AvgIpc) is 3.11. The Morgan fingerprint density at radius 1 is 1.12 bits per heavy atom. The fourth-order valence-electron chi connectivity index (χ4n) is 2.21. The van der Waals surface area contributed by atoms with Crippen molar-refractivity contribution >= 4 is 17.3 Å². The number of hydrogen-bond donors (Lipinski definition) is 1. The van der Waals surface area contributed by atoms with Crippen LogP contribution in [0.15, 0.2) is 71.3 Å². The number of rotatable bonds is 6. The summed E-state index contributed by atoms with van der Waals surface area (Å²) in [4.78, 5) is 22.3. The highest BCUT2D eigenvalue weighted by Gasteiger charge is 2.24. The predicted octanol–water partition coefficient (Wildman–Crippen LogP) is 4.02. The van der Waals surface area contributed by atoms with Crippen molar-refractivity contribution in [2.45, 2.75) is 6.61 Å². The number of carbonyl (C=O) groups excluding carboxylic acids is 1. The molecule has 0 fully saturated rings. The summed E-state index contributed by atoms with van der Waals surface area (Å²) in [7, 11) is 0. The molecule has 0 aliphatic rings. The molecule has 3 rings (SSSR count). The first-order valence-electron chi connectivity index (χ1n) is 7.43. The minimum absolute atomic E-state index is 0.347. The molecule has 0 saturated carbocycles. The molecule has 0 aliphatic carbocycles. The first kappa shape index (κ1) is 16.3. The number of hydrogen-bond acceptors (Lipinski definition) is 5. The second-order valence-electron chi connectivity index (χ2n) is 5.15. The van der Waals surface area contributed by atoms with E-state index in [0.29, 0.717) is 18.0 Å². The SMILES string of the molecule is O=C(Nc1cccc(OCc2ccccc2)c1)c1occc1[N+](=O)[O-]. The van der Waals surface area contributed by atoms with Crippen molar-refractivity contribution < 1.29 is 18.9 Å². The van der Waals surface area contributed by atoms with Crippen molar-refractivity contribution in [3.05, 3.63) is 88.4 Å². The number of nitro groups is 1. The van der Waals surface area contributed by atoms with Gasteiger partial charge in [-0.05, 0) is 17.7 Å². The number of nitrogens with zero attached hydrogens (tertiary/aromatic N) is 1. The van der Waals surface area contributed by atoms with E-state index >= 15 is 0 Å². The molecule has 1 aromatic heterocycles. The molecule has 0 bridgehead atoms. The number of nitrogens with one attached hydrogen (secondary N) is 1. The van der Waals surface area contributed by atoms with Gasteiger partial charge in [0, 0.05) is 11.8 Å². The molecule has 2 aromatic carbocycles. The van der Waals surface area contributed by atoms with Crippen LogP contribution >= 0.6 is 0 Å². The highest BCUT2D eigenvalue weighted by molar-refractivity contribution is 6.04. The molecule has 1 heterocycles. The van der Waals surface area contributed by atoms with Gasteiger partial charge in [-0.25, -0.2) is 0 Å². The predicted molar refractivity (Wildman–Crippen MR) is 90.5 cm³/mol. The van der Waals surface area contributed by atoms with Gasteiger partial charge in [-0.2, -0.15) is 0 Å². The van der Waals surface area contributed by atoms with E-state index in [9.17, 15) is 14.9 Å². The summed E-state index contributed by atoms with van der Waals surface area (Å²) >= 11 is 0. The van der Waals surface area contributed by atoms with E-state index in [2.05, 4.69) is 5.32 Å². The first-order chi connectivity index (χ1) is 12.1. The van der Waals surface area contributed by atoms with Gasteiger partial charge in [0.2, 0.25) is 0 Å². The lowest BCUT2D eigenvalue weighted by Gasteiger charge is -2.08. The third-order valence-electron chi connectivity index (χ3n) is 3.39. The molecule has 3 aromatic rings. The number of benzene rings is 2. The smallest absolute Gasteiger partial charge is 0.320 e. The number of ether oxygens (including phenoxy) is 1. The summed E-state index contributed by atoms with van der Waals surface area (Å²) in [5.74, 6) is -0.479. The summed E-state index contributed by atoms with van der Waals surface area (Å²) in [5, 5.41) is 13.4. The molecule has 25 heavy (non-hydrogen) atoms. The van der Waals surface area contributed by atoms with Crippen molar-refractivity contribution in [3.8, 4) is 5.75 Å². The van der Waals surface area contributed by atoms with Gasteiger partial charge in [0.15, 0.2) is 0 Å². The quantitative estimate of drug-likeness (QED) is 0.541. The largest absolute Gasteiger partial charge is 0.489 e. The molecule has 0 spiro atoms. The van der Waals surface area contributed by atoms with Gasteiger partial charge < -0.3 is 14.5 Å². The van der Waals surface area contributed by atoms with E-state index in [-0.39, 0.29) is 11.4 Å². The number of furan rings is 1. The summed E-state index contributed by atoms with van der Waals surface area (Å²) in [6.45, 7) is 0.391. The zero-order valence-corrected chi connectivity index (χ0v) is 13.0. The summed E-state index contributed by atoms with van der Waals surface area (Å²) in [6, 6.07) is 17.6. The zero-order valence-electron chi connectivity index (χ0n) is 13.0. The van der Waals surface area contributed by atoms with Crippen LogP contribution in [0.2, 0.25) is 0 Å². The number of amides is 1. The number of carbonyl (C=O) groups is 1. The fraction of sp³-hybridized carbons (Fsp3) is 0.0556. The van der Waals surface area contributed by atoms with E-state index in [0.717, 1.165) is 17.9 Å². The summed E-state index contributed by atoms with van der Waals surface area (Å²) in [6.07, 6.45) is 1.10. The maximum Gasteiger partial charge on any atom is 0.320 e. The zero-order chi connectivity index (χ0) is 17.6. The Morgan fingerprint density at radius 2 is 1.92 bits per heavy atom. The lowest BCUT2D eigenvalue weighted by molar-refractivity contribution is -0.385. The molecule has 7 nitrogen and oxygen atoms in total. The molecule has 1 N–H and O–H groups in total. The molecule has 1 amide bonds. The van der Waals surface area contributed by atoms with E-state index in [1.165, 1.54) is 0 Å². The Labute approximate surface area is 143 Å². The topological polar surface area (TPSA) is 94.6 Å². The third kappa shape index (κ3) is 4.03. The van der Waals surface area contributed by atoms with Gasteiger partial charge in [-0.1, -0.05) is 36.4 Å². The fourth-order valence-corrected chi connectivity index (χ4v) is 2.21. The normalized spacial score (nSPS) is 10.2. The summed E-state index contributed by atoms with van der Waals surface area (Å²) < 4.78 is 10.6. The van der Waals surface area contributed by atoms with Gasteiger partial charge in [0.05, 0.1) is 17.3 Å². The van der Waals surface area contributed by atoms with Crippen LogP contribution in [0.4, 0.5) is 11.4 Å². The van der Waals surface area contributed by atoms with Gasteiger partial charge in [0.1, 0.15) is 12.4 Å². The maximum absolute atomic E-state index is 12.1. The molecule has 126 valence electrons. The Balaban J connectivity index is 1.68. The molecule has 0 radical (unpaired) electrons. The van der Waals surface area contributed by atoms with Gasteiger partial charge in [-0.3, -0.25) is 14.9 Å². The van der Waals surface area contributed by atoms with Crippen LogP contribution in [0.3, 0.4) is 0 Å². The van der Waals surface area contributed by atoms with Crippen LogP contribution < -0.4 is 10.1 Å². The van der Waals surface area contributed by atoms with Gasteiger partial charge in [0.25, 0.3) is 11.7 Å². The Kier molecular flexibility index (Phi) is 4.75. The first-order valence-corrected chi connectivity index (χ1v) is 7.43. The van der Waals surface area contributed by atoms with Crippen LogP contribution in [0, 0.1) is 10.1 Å².